The van der Waals surface area contributed by atoms with Crippen molar-refractivity contribution in [1.29, 1.82) is 0 Å². The third-order valence-electron chi connectivity index (χ3n) is 2.51. The molecule has 0 aliphatic rings. The maximum absolute atomic E-state index is 13.6. The molecule has 1 heterocycles. The Hall–Kier alpha value is -1.53. The minimum atomic E-state index is -0.671. The summed E-state index contributed by atoms with van der Waals surface area (Å²) in [4.78, 5) is 16.2. The Morgan fingerprint density at radius 3 is 2.65 bits per heavy atom. The van der Waals surface area contributed by atoms with E-state index < -0.39 is 11.7 Å². The van der Waals surface area contributed by atoms with Gasteiger partial charge in [0.2, 0.25) is 5.13 Å². The largest absolute Gasteiger partial charge is 0.296 e. The predicted molar refractivity (Wildman–Crippen MR) is 78.0 cm³/mol. The van der Waals surface area contributed by atoms with Gasteiger partial charge in [0, 0.05) is 16.9 Å². The van der Waals surface area contributed by atoms with Gasteiger partial charge in [0.15, 0.2) is 0 Å². The number of aromatic nitrogens is 2. The van der Waals surface area contributed by atoms with Crippen LogP contribution in [0, 0.1) is 5.82 Å². The van der Waals surface area contributed by atoms with E-state index in [1.807, 2.05) is 20.8 Å². The van der Waals surface area contributed by atoms with Crippen LogP contribution in [0.5, 0.6) is 0 Å². The van der Waals surface area contributed by atoms with Gasteiger partial charge in [-0.1, -0.05) is 38.4 Å². The first-order chi connectivity index (χ1) is 9.29. The fourth-order valence-corrected chi connectivity index (χ4v) is 2.46. The first-order valence-electron chi connectivity index (χ1n) is 5.88. The molecule has 1 amide bonds. The van der Waals surface area contributed by atoms with Crippen molar-refractivity contribution in [2.24, 2.45) is 0 Å². The van der Waals surface area contributed by atoms with Crippen LogP contribution in [-0.2, 0) is 5.41 Å². The van der Waals surface area contributed by atoms with Gasteiger partial charge in [0.1, 0.15) is 11.6 Å². The van der Waals surface area contributed by atoms with Crippen molar-refractivity contribution < 1.29 is 9.18 Å². The summed E-state index contributed by atoms with van der Waals surface area (Å²) in [6.07, 6.45) is 0. The van der Waals surface area contributed by atoms with E-state index in [9.17, 15) is 9.18 Å². The number of carbonyl (C=O) groups is 1. The number of nitrogens with one attached hydrogen (secondary N) is 1. The highest BCUT2D eigenvalue weighted by Gasteiger charge is 2.22. The smallest absolute Gasteiger partial charge is 0.261 e. The standard InChI is InChI=1S/C13H13ClFN3OS/c1-13(2,3)11-17-12(20-18-11)16-10(19)9-7(14)5-4-6-8(9)15/h4-6H,1-3H3,(H,16,17,18,19). The number of amides is 1. The number of halogens is 2. The lowest BCUT2D eigenvalue weighted by atomic mass is 9.96. The molecule has 0 aliphatic carbocycles. The van der Waals surface area contributed by atoms with E-state index in [1.165, 1.54) is 18.2 Å². The molecule has 20 heavy (non-hydrogen) atoms. The second-order valence-electron chi connectivity index (χ2n) is 5.22. The van der Waals surface area contributed by atoms with E-state index in [0.717, 1.165) is 11.5 Å². The van der Waals surface area contributed by atoms with E-state index in [4.69, 9.17) is 11.6 Å². The van der Waals surface area contributed by atoms with Gasteiger partial charge in [-0.2, -0.15) is 4.37 Å². The summed E-state index contributed by atoms with van der Waals surface area (Å²) in [5.41, 5.74) is -0.406. The minimum Gasteiger partial charge on any atom is -0.296 e. The molecule has 2 rings (SSSR count). The van der Waals surface area contributed by atoms with Crippen LogP contribution >= 0.6 is 23.1 Å². The van der Waals surface area contributed by atoms with Crippen LogP contribution in [0.4, 0.5) is 9.52 Å². The Morgan fingerprint density at radius 2 is 2.10 bits per heavy atom. The highest BCUT2D eigenvalue weighted by molar-refractivity contribution is 7.09. The molecular formula is C13H13ClFN3OS. The molecule has 7 heteroatoms. The van der Waals surface area contributed by atoms with Crippen molar-refractivity contribution >= 4 is 34.2 Å². The summed E-state index contributed by atoms with van der Waals surface area (Å²) >= 11 is 6.89. The molecule has 0 radical (unpaired) electrons. The third kappa shape index (κ3) is 3.13. The van der Waals surface area contributed by atoms with Crippen molar-refractivity contribution in [2.45, 2.75) is 26.2 Å². The van der Waals surface area contributed by atoms with Gasteiger partial charge in [0.25, 0.3) is 5.91 Å². The molecule has 0 atom stereocenters. The lowest BCUT2D eigenvalue weighted by Crippen LogP contribution is -2.16. The molecule has 0 saturated carbocycles. The van der Waals surface area contributed by atoms with Crippen LogP contribution < -0.4 is 5.32 Å². The van der Waals surface area contributed by atoms with E-state index >= 15 is 0 Å². The third-order valence-corrected chi connectivity index (χ3v) is 3.45. The number of carbonyl (C=O) groups excluding carboxylic acids is 1. The number of anilines is 1. The molecule has 1 aromatic heterocycles. The van der Waals surface area contributed by atoms with Crippen LogP contribution in [0.15, 0.2) is 18.2 Å². The topological polar surface area (TPSA) is 54.9 Å². The molecular weight excluding hydrogens is 301 g/mol. The van der Waals surface area contributed by atoms with Crippen molar-refractivity contribution in [3.8, 4) is 0 Å². The second-order valence-corrected chi connectivity index (χ2v) is 6.38. The maximum Gasteiger partial charge on any atom is 0.261 e. The van der Waals surface area contributed by atoms with E-state index in [2.05, 4.69) is 14.7 Å². The monoisotopic (exact) mass is 313 g/mol. The summed E-state index contributed by atoms with van der Waals surface area (Å²) in [5.74, 6) is -0.683. The van der Waals surface area contributed by atoms with Gasteiger partial charge < -0.3 is 0 Å². The second kappa shape index (κ2) is 5.46. The van der Waals surface area contributed by atoms with Crippen molar-refractivity contribution in [1.82, 2.24) is 9.36 Å². The Balaban J connectivity index is 2.22. The summed E-state index contributed by atoms with van der Waals surface area (Å²) in [6, 6.07) is 4.08. The Labute approximate surface area is 125 Å². The highest BCUT2D eigenvalue weighted by Crippen LogP contribution is 2.24. The number of hydrogen-bond acceptors (Lipinski definition) is 4. The van der Waals surface area contributed by atoms with Gasteiger partial charge in [-0.25, -0.2) is 9.37 Å². The molecule has 4 nitrogen and oxygen atoms in total. The summed E-state index contributed by atoms with van der Waals surface area (Å²) in [5, 5.41) is 2.89. The molecule has 1 aromatic carbocycles. The zero-order valence-electron chi connectivity index (χ0n) is 11.2. The van der Waals surface area contributed by atoms with Crippen LogP contribution in [-0.4, -0.2) is 15.3 Å². The van der Waals surface area contributed by atoms with Crippen LogP contribution in [0.2, 0.25) is 5.02 Å². The minimum absolute atomic E-state index is 0.0584. The van der Waals surface area contributed by atoms with Crippen molar-refractivity contribution in [2.75, 3.05) is 5.32 Å². The summed E-state index contributed by atoms with van der Waals surface area (Å²) < 4.78 is 17.8. The van der Waals surface area contributed by atoms with Crippen molar-refractivity contribution in [3.05, 3.63) is 40.4 Å². The molecule has 0 saturated heterocycles. The number of hydrogen-bond donors (Lipinski definition) is 1. The Bertz CT molecular complexity index is 631. The summed E-state index contributed by atoms with van der Waals surface area (Å²) in [6.45, 7) is 5.90. The quantitative estimate of drug-likeness (QED) is 0.915. The number of benzene rings is 1. The van der Waals surface area contributed by atoms with Crippen LogP contribution in [0.1, 0.15) is 37.0 Å². The Kier molecular flexibility index (Phi) is 4.06. The lowest BCUT2D eigenvalue weighted by Gasteiger charge is -2.12. The summed E-state index contributed by atoms with van der Waals surface area (Å²) in [7, 11) is 0. The van der Waals surface area contributed by atoms with Gasteiger partial charge in [-0.05, 0) is 12.1 Å². The average molecular weight is 314 g/mol. The molecule has 0 unspecified atom stereocenters. The maximum atomic E-state index is 13.6. The highest BCUT2D eigenvalue weighted by atomic mass is 35.5. The van der Waals surface area contributed by atoms with E-state index in [0.29, 0.717) is 11.0 Å². The molecule has 2 aromatic rings. The molecule has 0 spiro atoms. The predicted octanol–water partition coefficient (Wildman–Crippen LogP) is 3.88. The SMILES string of the molecule is CC(C)(C)c1nsc(NC(=O)c2c(F)cccc2Cl)n1. The van der Waals surface area contributed by atoms with E-state index in [-0.39, 0.29) is 16.0 Å². The molecule has 0 aliphatic heterocycles. The fraction of sp³-hybridized carbons (Fsp3) is 0.308. The average Bonchev–Trinajstić information content (AvgIpc) is 2.76. The first kappa shape index (κ1) is 14.9. The Morgan fingerprint density at radius 1 is 1.40 bits per heavy atom. The molecule has 106 valence electrons. The van der Waals surface area contributed by atoms with Gasteiger partial charge in [0.05, 0.1) is 10.6 Å². The fourth-order valence-electron chi connectivity index (χ4n) is 1.45. The van der Waals surface area contributed by atoms with Gasteiger partial charge in [-0.15, -0.1) is 0 Å². The lowest BCUT2D eigenvalue weighted by molar-refractivity contribution is 0.102. The van der Waals surface area contributed by atoms with Crippen LogP contribution in [0.3, 0.4) is 0 Å². The molecule has 0 bridgehead atoms. The van der Waals surface area contributed by atoms with Gasteiger partial charge >= 0.3 is 0 Å². The molecule has 0 fully saturated rings. The number of rotatable bonds is 2. The van der Waals surface area contributed by atoms with E-state index in [1.54, 1.807) is 0 Å². The normalized spacial score (nSPS) is 11.4. The van der Waals surface area contributed by atoms with Gasteiger partial charge in [-0.3, -0.25) is 10.1 Å². The number of nitrogens with zero attached hydrogens (tertiary/aromatic N) is 2. The zero-order chi connectivity index (χ0) is 14.9. The zero-order valence-corrected chi connectivity index (χ0v) is 12.8. The van der Waals surface area contributed by atoms with Crippen molar-refractivity contribution in [3.63, 3.8) is 0 Å². The van der Waals surface area contributed by atoms with Crippen LogP contribution in [0.25, 0.3) is 0 Å². The molecule has 1 N–H and O–H groups in total. The first-order valence-corrected chi connectivity index (χ1v) is 7.03.